The van der Waals surface area contributed by atoms with Crippen molar-refractivity contribution in [2.24, 2.45) is 5.73 Å². The summed E-state index contributed by atoms with van der Waals surface area (Å²) in [7, 11) is 0. The number of primary amides is 1. The lowest BCUT2D eigenvalue weighted by molar-refractivity contribution is -0.144. The molecule has 1 unspecified atom stereocenters. The van der Waals surface area contributed by atoms with E-state index in [0.29, 0.717) is 4.90 Å². The SMILES string of the molecule is CCOC(=O)C(C)NC(=O)N(CC(N)=O)CC(=O)O. The van der Waals surface area contributed by atoms with Crippen LogP contribution in [0.15, 0.2) is 0 Å². The molecule has 0 saturated carbocycles. The third-order valence-corrected chi connectivity index (χ3v) is 1.94. The van der Waals surface area contributed by atoms with Crippen molar-refractivity contribution in [2.45, 2.75) is 19.9 Å². The van der Waals surface area contributed by atoms with Crippen LogP contribution in [0, 0.1) is 0 Å². The molecule has 0 rings (SSSR count). The molecule has 0 radical (unpaired) electrons. The van der Waals surface area contributed by atoms with Gasteiger partial charge in [-0.3, -0.25) is 9.59 Å². The van der Waals surface area contributed by atoms with Gasteiger partial charge in [0, 0.05) is 0 Å². The molecule has 9 heteroatoms. The lowest BCUT2D eigenvalue weighted by atomic mass is 10.3. The Balaban J connectivity index is 4.58. The number of urea groups is 1. The number of esters is 1. The van der Waals surface area contributed by atoms with E-state index >= 15 is 0 Å². The molecule has 0 bridgehead atoms. The fraction of sp³-hybridized carbons (Fsp3) is 0.600. The summed E-state index contributed by atoms with van der Waals surface area (Å²) in [6.07, 6.45) is 0. The van der Waals surface area contributed by atoms with Gasteiger partial charge in [0.2, 0.25) is 5.91 Å². The zero-order valence-corrected chi connectivity index (χ0v) is 10.7. The van der Waals surface area contributed by atoms with Crippen molar-refractivity contribution < 1.29 is 29.0 Å². The quantitative estimate of drug-likeness (QED) is 0.484. The predicted molar refractivity (Wildman–Crippen MR) is 63.0 cm³/mol. The van der Waals surface area contributed by atoms with Crippen molar-refractivity contribution >= 4 is 23.9 Å². The van der Waals surface area contributed by atoms with Gasteiger partial charge in [0.05, 0.1) is 6.61 Å². The molecule has 4 N–H and O–H groups in total. The summed E-state index contributed by atoms with van der Waals surface area (Å²) in [5.41, 5.74) is 4.90. The number of ether oxygens (including phenoxy) is 1. The number of nitrogens with zero attached hydrogens (tertiary/aromatic N) is 1. The molecular weight excluding hydrogens is 258 g/mol. The Morgan fingerprint density at radius 2 is 1.89 bits per heavy atom. The number of carboxylic acid groups (broad SMARTS) is 1. The zero-order chi connectivity index (χ0) is 15.0. The highest BCUT2D eigenvalue weighted by Crippen LogP contribution is 1.94. The molecule has 3 amide bonds. The van der Waals surface area contributed by atoms with E-state index in [1.54, 1.807) is 6.92 Å². The van der Waals surface area contributed by atoms with E-state index < -0.39 is 43.0 Å². The van der Waals surface area contributed by atoms with Gasteiger partial charge < -0.3 is 25.8 Å². The fourth-order valence-corrected chi connectivity index (χ4v) is 1.15. The van der Waals surface area contributed by atoms with Crippen molar-refractivity contribution in [2.75, 3.05) is 19.7 Å². The number of amides is 3. The molecule has 0 aliphatic rings. The van der Waals surface area contributed by atoms with Crippen molar-refractivity contribution in [3.05, 3.63) is 0 Å². The van der Waals surface area contributed by atoms with Crippen LogP contribution in [0.1, 0.15) is 13.8 Å². The summed E-state index contributed by atoms with van der Waals surface area (Å²) >= 11 is 0. The minimum Gasteiger partial charge on any atom is -0.480 e. The van der Waals surface area contributed by atoms with Gasteiger partial charge in [0.1, 0.15) is 19.1 Å². The summed E-state index contributed by atoms with van der Waals surface area (Å²) in [5.74, 6) is -2.83. The molecule has 0 heterocycles. The van der Waals surface area contributed by atoms with Gasteiger partial charge in [-0.05, 0) is 13.8 Å². The Labute approximate surface area is 109 Å². The van der Waals surface area contributed by atoms with E-state index in [1.165, 1.54) is 6.92 Å². The van der Waals surface area contributed by atoms with Crippen LogP contribution in [0.5, 0.6) is 0 Å². The highest BCUT2D eigenvalue weighted by molar-refractivity contribution is 5.88. The molecular formula is C10H17N3O6. The number of hydrogen-bond acceptors (Lipinski definition) is 5. The summed E-state index contributed by atoms with van der Waals surface area (Å²) in [5, 5.41) is 10.8. The molecule has 0 aromatic carbocycles. The first-order valence-electron chi connectivity index (χ1n) is 5.50. The lowest BCUT2D eigenvalue weighted by Crippen LogP contribution is -2.50. The second-order valence-corrected chi connectivity index (χ2v) is 3.64. The van der Waals surface area contributed by atoms with Crippen molar-refractivity contribution in [3.63, 3.8) is 0 Å². The Kier molecular flexibility index (Phi) is 6.94. The maximum atomic E-state index is 11.7. The first kappa shape index (κ1) is 16.7. The molecule has 0 fully saturated rings. The van der Waals surface area contributed by atoms with Crippen LogP contribution in [0.3, 0.4) is 0 Å². The molecule has 0 spiro atoms. The fourth-order valence-electron chi connectivity index (χ4n) is 1.15. The summed E-state index contributed by atoms with van der Waals surface area (Å²) < 4.78 is 4.67. The van der Waals surface area contributed by atoms with Crippen LogP contribution in [0.2, 0.25) is 0 Å². The number of carbonyl (C=O) groups is 4. The topological polar surface area (TPSA) is 139 Å². The number of nitrogens with two attached hydrogens (primary N) is 1. The summed E-state index contributed by atoms with van der Waals surface area (Å²) in [4.78, 5) is 44.9. The highest BCUT2D eigenvalue weighted by atomic mass is 16.5. The second-order valence-electron chi connectivity index (χ2n) is 3.64. The number of rotatable bonds is 7. The maximum absolute atomic E-state index is 11.7. The molecule has 9 nitrogen and oxygen atoms in total. The van der Waals surface area contributed by atoms with Crippen molar-refractivity contribution in [3.8, 4) is 0 Å². The van der Waals surface area contributed by atoms with Crippen LogP contribution in [0.25, 0.3) is 0 Å². The van der Waals surface area contributed by atoms with Crippen LogP contribution in [0.4, 0.5) is 4.79 Å². The van der Waals surface area contributed by atoms with Gasteiger partial charge in [-0.25, -0.2) is 9.59 Å². The molecule has 0 aliphatic carbocycles. The van der Waals surface area contributed by atoms with Gasteiger partial charge in [0.25, 0.3) is 0 Å². The Morgan fingerprint density at radius 3 is 2.32 bits per heavy atom. The number of carboxylic acids is 1. The van der Waals surface area contributed by atoms with Crippen LogP contribution in [-0.2, 0) is 19.1 Å². The number of aliphatic carboxylic acids is 1. The molecule has 0 aromatic heterocycles. The number of carbonyl (C=O) groups excluding carboxylic acids is 3. The highest BCUT2D eigenvalue weighted by Gasteiger charge is 2.23. The first-order chi connectivity index (χ1) is 8.77. The molecule has 0 aromatic rings. The van der Waals surface area contributed by atoms with Gasteiger partial charge in [-0.1, -0.05) is 0 Å². The van der Waals surface area contributed by atoms with E-state index in [4.69, 9.17) is 10.8 Å². The molecule has 0 aliphatic heterocycles. The maximum Gasteiger partial charge on any atom is 0.328 e. The average Bonchev–Trinajstić information content (AvgIpc) is 2.26. The summed E-state index contributed by atoms with van der Waals surface area (Å²) in [6, 6.07) is -1.85. The lowest BCUT2D eigenvalue weighted by Gasteiger charge is -2.21. The minimum absolute atomic E-state index is 0.152. The van der Waals surface area contributed by atoms with Crippen LogP contribution >= 0.6 is 0 Å². The van der Waals surface area contributed by atoms with Crippen molar-refractivity contribution in [1.82, 2.24) is 10.2 Å². The summed E-state index contributed by atoms with van der Waals surface area (Å²) in [6.45, 7) is 1.87. The van der Waals surface area contributed by atoms with Crippen molar-refractivity contribution in [1.29, 1.82) is 0 Å². The molecule has 108 valence electrons. The van der Waals surface area contributed by atoms with E-state index in [9.17, 15) is 19.2 Å². The molecule has 0 saturated heterocycles. The smallest absolute Gasteiger partial charge is 0.328 e. The van der Waals surface area contributed by atoms with E-state index in [1.807, 2.05) is 0 Å². The van der Waals surface area contributed by atoms with E-state index in [2.05, 4.69) is 10.1 Å². The van der Waals surface area contributed by atoms with E-state index in [0.717, 1.165) is 0 Å². The van der Waals surface area contributed by atoms with Gasteiger partial charge >= 0.3 is 18.0 Å². The third kappa shape index (κ3) is 6.86. The van der Waals surface area contributed by atoms with Gasteiger partial charge in [-0.15, -0.1) is 0 Å². The number of hydrogen-bond donors (Lipinski definition) is 3. The Hall–Kier alpha value is -2.32. The normalized spacial score (nSPS) is 11.3. The monoisotopic (exact) mass is 275 g/mol. The minimum atomic E-state index is -1.31. The second kappa shape index (κ2) is 7.90. The third-order valence-electron chi connectivity index (χ3n) is 1.94. The van der Waals surface area contributed by atoms with E-state index in [-0.39, 0.29) is 6.61 Å². The molecule has 19 heavy (non-hydrogen) atoms. The Morgan fingerprint density at radius 1 is 1.32 bits per heavy atom. The zero-order valence-electron chi connectivity index (χ0n) is 10.7. The van der Waals surface area contributed by atoms with Gasteiger partial charge in [-0.2, -0.15) is 0 Å². The number of nitrogens with one attached hydrogen (secondary N) is 1. The Bertz CT molecular complexity index is 354. The first-order valence-corrected chi connectivity index (χ1v) is 5.50. The van der Waals surface area contributed by atoms with Crippen LogP contribution < -0.4 is 11.1 Å². The van der Waals surface area contributed by atoms with Gasteiger partial charge in [0.15, 0.2) is 0 Å². The predicted octanol–water partition coefficient (Wildman–Crippen LogP) is -1.48. The van der Waals surface area contributed by atoms with Crippen LogP contribution in [-0.4, -0.2) is 59.6 Å². The standard InChI is InChI=1S/C10H17N3O6/c1-3-19-9(17)6(2)12-10(18)13(4-7(11)14)5-8(15)16/h6H,3-5H2,1-2H3,(H2,11,14)(H,12,18)(H,15,16). The molecule has 1 atom stereocenters. The average molecular weight is 275 g/mol. The largest absolute Gasteiger partial charge is 0.480 e.